The zero-order valence-corrected chi connectivity index (χ0v) is 9.77. The lowest BCUT2D eigenvalue weighted by Crippen LogP contribution is -2.01. The minimum absolute atomic E-state index is 0.606. The largest absolute Gasteiger partial charge is 0.493 e. The van der Waals surface area contributed by atoms with E-state index in [9.17, 15) is 0 Å². The predicted octanol–water partition coefficient (Wildman–Crippen LogP) is 3.18. The summed E-state index contributed by atoms with van der Waals surface area (Å²) >= 11 is 5.57. The summed E-state index contributed by atoms with van der Waals surface area (Å²) in [5, 5.41) is 8.78. The molecular formula is C12H14ClNO. The van der Waals surface area contributed by atoms with Gasteiger partial charge in [0.2, 0.25) is 0 Å². The maximum atomic E-state index is 8.78. The van der Waals surface area contributed by atoms with Crippen LogP contribution in [0.2, 0.25) is 0 Å². The number of nitrogens with zero attached hydrogens (tertiary/aromatic N) is 1. The monoisotopic (exact) mass is 223 g/mol. The Balaban J connectivity index is 2.85. The summed E-state index contributed by atoms with van der Waals surface area (Å²) in [4.78, 5) is 0. The Morgan fingerprint density at radius 2 is 1.93 bits per heavy atom. The van der Waals surface area contributed by atoms with E-state index >= 15 is 0 Å². The van der Waals surface area contributed by atoms with Gasteiger partial charge in [0.15, 0.2) is 0 Å². The van der Waals surface area contributed by atoms with Crippen LogP contribution in [-0.2, 0) is 0 Å². The first-order valence-corrected chi connectivity index (χ1v) is 5.42. The van der Waals surface area contributed by atoms with Gasteiger partial charge in [-0.05, 0) is 43.5 Å². The normalized spacial score (nSPS) is 9.73. The van der Waals surface area contributed by atoms with Crippen LogP contribution in [0.3, 0.4) is 0 Å². The highest BCUT2D eigenvalue weighted by molar-refractivity contribution is 6.17. The van der Waals surface area contributed by atoms with Gasteiger partial charge in [-0.15, -0.1) is 11.6 Å². The number of alkyl halides is 1. The van der Waals surface area contributed by atoms with Crippen molar-refractivity contribution in [3.05, 3.63) is 28.8 Å². The van der Waals surface area contributed by atoms with Crippen LogP contribution < -0.4 is 4.74 Å². The van der Waals surface area contributed by atoms with Crippen molar-refractivity contribution in [2.24, 2.45) is 0 Å². The molecule has 80 valence electrons. The Morgan fingerprint density at radius 3 is 2.40 bits per heavy atom. The third kappa shape index (κ3) is 3.14. The van der Waals surface area contributed by atoms with Crippen molar-refractivity contribution in [2.75, 3.05) is 12.5 Å². The summed E-state index contributed by atoms with van der Waals surface area (Å²) in [6.07, 6.45) is 0.834. The summed E-state index contributed by atoms with van der Waals surface area (Å²) in [5.41, 5.74) is 2.68. The molecule has 1 rings (SSSR count). The molecule has 0 radical (unpaired) electrons. The van der Waals surface area contributed by atoms with Crippen molar-refractivity contribution in [1.29, 1.82) is 5.26 Å². The molecule has 0 aromatic heterocycles. The van der Waals surface area contributed by atoms with E-state index in [0.717, 1.165) is 23.3 Å². The highest BCUT2D eigenvalue weighted by Crippen LogP contribution is 2.24. The first-order valence-electron chi connectivity index (χ1n) is 4.89. The van der Waals surface area contributed by atoms with Crippen molar-refractivity contribution in [3.8, 4) is 11.8 Å². The molecule has 0 saturated heterocycles. The Kier molecular flexibility index (Phi) is 4.45. The molecule has 1 aromatic rings. The molecule has 2 nitrogen and oxygen atoms in total. The van der Waals surface area contributed by atoms with Crippen LogP contribution in [0.5, 0.6) is 5.75 Å². The topological polar surface area (TPSA) is 33.0 Å². The van der Waals surface area contributed by atoms with Crippen LogP contribution >= 0.6 is 11.6 Å². The summed E-state index contributed by atoms with van der Waals surface area (Å²) < 4.78 is 5.61. The molecule has 0 aliphatic rings. The van der Waals surface area contributed by atoms with Crippen molar-refractivity contribution in [1.82, 2.24) is 0 Å². The molecule has 0 aliphatic heterocycles. The molecule has 0 heterocycles. The maximum Gasteiger partial charge on any atom is 0.125 e. The molecule has 0 N–H and O–H groups in total. The first kappa shape index (κ1) is 11.9. The summed E-state index contributed by atoms with van der Waals surface area (Å²) in [5.74, 6) is 1.48. The fourth-order valence-electron chi connectivity index (χ4n) is 1.47. The van der Waals surface area contributed by atoms with Gasteiger partial charge in [0.1, 0.15) is 5.75 Å². The van der Waals surface area contributed by atoms with E-state index < -0.39 is 0 Å². The average molecular weight is 224 g/mol. The minimum atomic E-state index is 0.606. The predicted molar refractivity (Wildman–Crippen MR) is 61.5 cm³/mol. The Bertz CT molecular complexity index is 359. The van der Waals surface area contributed by atoms with Gasteiger partial charge in [0.05, 0.1) is 18.2 Å². The second-order valence-electron chi connectivity index (χ2n) is 3.44. The van der Waals surface area contributed by atoms with Gasteiger partial charge in [-0.25, -0.2) is 0 Å². The van der Waals surface area contributed by atoms with Crippen LogP contribution in [-0.4, -0.2) is 12.5 Å². The van der Waals surface area contributed by atoms with Gasteiger partial charge in [0, 0.05) is 5.88 Å². The third-order valence-electron chi connectivity index (χ3n) is 2.11. The fraction of sp³-hybridized carbons (Fsp3) is 0.417. The number of hydrogen-bond donors (Lipinski definition) is 0. The molecule has 0 bridgehead atoms. The number of ether oxygens (including phenoxy) is 1. The first-order chi connectivity index (χ1) is 7.19. The highest BCUT2D eigenvalue weighted by Gasteiger charge is 2.05. The van der Waals surface area contributed by atoms with E-state index in [0.29, 0.717) is 18.1 Å². The quantitative estimate of drug-likeness (QED) is 0.580. The molecule has 1 aromatic carbocycles. The van der Waals surface area contributed by atoms with Crippen LogP contribution in [0.4, 0.5) is 0 Å². The van der Waals surface area contributed by atoms with Gasteiger partial charge >= 0.3 is 0 Å². The summed E-state index contributed by atoms with van der Waals surface area (Å²) in [7, 11) is 0. The fourth-order valence-corrected chi connectivity index (χ4v) is 1.58. The number of hydrogen-bond acceptors (Lipinski definition) is 2. The SMILES string of the molecule is Cc1cc(C#N)cc(C)c1OCCCCl. The molecule has 15 heavy (non-hydrogen) atoms. The molecular weight excluding hydrogens is 210 g/mol. The standard InChI is InChI=1S/C12H14ClNO/c1-9-6-11(8-14)7-10(2)12(9)15-5-3-4-13/h6-7H,3-5H2,1-2H3. The zero-order chi connectivity index (χ0) is 11.3. The van der Waals surface area contributed by atoms with E-state index in [1.807, 2.05) is 26.0 Å². The average Bonchev–Trinajstić information content (AvgIpc) is 2.22. The lowest BCUT2D eigenvalue weighted by molar-refractivity contribution is 0.314. The van der Waals surface area contributed by atoms with Gasteiger partial charge in [-0.1, -0.05) is 0 Å². The summed E-state index contributed by atoms with van der Waals surface area (Å²) in [6, 6.07) is 5.80. The molecule has 0 saturated carbocycles. The molecule has 0 aliphatic carbocycles. The zero-order valence-electron chi connectivity index (χ0n) is 9.01. The van der Waals surface area contributed by atoms with Crippen molar-refractivity contribution in [3.63, 3.8) is 0 Å². The second kappa shape index (κ2) is 5.63. The van der Waals surface area contributed by atoms with Crippen LogP contribution in [0.25, 0.3) is 0 Å². The second-order valence-corrected chi connectivity index (χ2v) is 3.82. The van der Waals surface area contributed by atoms with Gasteiger partial charge in [-0.3, -0.25) is 0 Å². The Hall–Kier alpha value is -1.20. The molecule has 0 fully saturated rings. The molecule has 0 unspecified atom stereocenters. The van der Waals surface area contributed by atoms with E-state index in [1.54, 1.807) is 0 Å². The van der Waals surface area contributed by atoms with Gasteiger partial charge in [-0.2, -0.15) is 5.26 Å². The lowest BCUT2D eigenvalue weighted by atomic mass is 10.1. The number of aryl methyl sites for hydroxylation is 2. The molecule has 0 spiro atoms. The van der Waals surface area contributed by atoms with E-state index in [1.165, 1.54) is 0 Å². The van der Waals surface area contributed by atoms with Crippen LogP contribution in [0.1, 0.15) is 23.1 Å². The number of benzene rings is 1. The molecule has 0 atom stereocenters. The van der Waals surface area contributed by atoms with E-state index in [-0.39, 0.29) is 0 Å². The lowest BCUT2D eigenvalue weighted by Gasteiger charge is -2.11. The van der Waals surface area contributed by atoms with Gasteiger partial charge < -0.3 is 4.74 Å². The Labute approximate surface area is 95.4 Å². The van der Waals surface area contributed by atoms with Crippen LogP contribution in [0, 0.1) is 25.2 Å². The molecule has 0 amide bonds. The van der Waals surface area contributed by atoms with Crippen molar-refractivity contribution < 1.29 is 4.74 Å². The highest BCUT2D eigenvalue weighted by atomic mass is 35.5. The smallest absolute Gasteiger partial charge is 0.125 e. The Morgan fingerprint density at radius 1 is 1.33 bits per heavy atom. The number of rotatable bonds is 4. The minimum Gasteiger partial charge on any atom is -0.493 e. The van der Waals surface area contributed by atoms with E-state index in [2.05, 4.69) is 6.07 Å². The van der Waals surface area contributed by atoms with Crippen molar-refractivity contribution >= 4 is 11.6 Å². The van der Waals surface area contributed by atoms with Gasteiger partial charge in [0.25, 0.3) is 0 Å². The number of nitriles is 1. The number of halogens is 1. The maximum absolute atomic E-state index is 8.78. The molecule has 3 heteroatoms. The van der Waals surface area contributed by atoms with E-state index in [4.69, 9.17) is 21.6 Å². The third-order valence-corrected chi connectivity index (χ3v) is 2.38. The van der Waals surface area contributed by atoms with Crippen molar-refractivity contribution in [2.45, 2.75) is 20.3 Å². The summed E-state index contributed by atoms with van der Waals surface area (Å²) in [6.45, 7) is 4.52. The van der Waals surface area contributed by atoms with Crippen LogP contribution in [0.15, 0.2) is 12.1 Å².